The van der Waals surface area contributed by atoms with Crippen molar-refractivity contribution in [3.63, 3.8) is 0 Å². The van der Waals surface area contributed by atoms with E-state index in [0.29, 0.717) is 57.8 Å². The Morgan fingerprint density at radius 1 is 0.905 bits per heavy atom. The lowest BCUT2D eigenvalue weighted by Crippen LogP contribution is -2.63. The Kier molecular flexibility index (Phi) is 19.5. The summed E-state index contributed by atoms with van der Waals surface area (Å²) in [5.74, 6) is -6.52. The van der Waals surface area contributed by atoms with E-state index in [0.717, 1.165) is 17.7 Å². The minimum absolute atomic E-state index is 0.0400. The quantitative estimate of drug-likeness (QED) is 0.0346. The van der Waals surface area contributed by atoms with E-state index >= 15 is 0 Å². The SMILES string of the molecule is CCC(C(=O)NCCNC(=O)/C(C#N)=C/c1ccc(N(C)C)cc1)[C@H]1CC[C@H](C)[C@H](C(C)C(O)[C@H](C)C(=O)[C@H](CC)[C@H]2O[C@]3(C=C[C@@H](OC(C)=O)[C@]4(CC[C@@](C)([C@H]5CC[C@](O)(CC)C(C)O5)O4)O3)C(C)CC2C)O1. The number of esters is 1. The lowest BCUT2D eigenvalue weighted by molar-refractivity contribution is -0.409. The number of Topliss-reactive ketones (excluding diaryl/α,β-unsaturated/α-hetero) is 1. The Morgan fingerprint density at radius 3 is 2.19 bits per heavy atom. The molecule has 4 fully saturated rings. The van der Waals surface area contributed by atoms with Gasteiger partial charge in [0.2, 0.25) is 11.7 Å². The molecule has 74 heavy (non-hydrogen) atoms. The zero-order valence-corrected chi connectivity index (χ0v) is 46.5. The number of carbonyl (C=O) groups excluding carboxylic acids is 4. The minimum atomic E-state index is -1.41. The molecule has 2 spiro atoms. The van der Waals surface area contributed by atoms with Crippen LogP contribution in [0.3, 0.4) is 0 Å². The van der Waals surface area contributed by atoms with Crippen LogP contribution in [-0.2, 0) is 47.6 Å². The first-order valence-electron chi connectivity index (χ1n) is 27.6. The summed E-state index contributed by atoms with van der Waals surface area (Å²) in [6.45, 7) is 21.3. The monoisotopic (exact) mass is 1030 g/mol. The number of hydrogen-bond acceptors (Lipinski definition) is 14. The molecule has 5 aliphatic rings. The van der Waals surface area contributed by atoms with Gasteiger partial charge in [-0.2, -0.15) is 5.26 Å². The molecular weight excluding hydrogens is 945 g/mol. The van der Waals surface area contributed by atoms with Gasteiger partial charge in [-0.25, -0.2) is 0 Å². The normalized spacial score (nSPS) is 36.2. The van der Waals surface area contributed by atoms with Gasteiger partial charge in [0.25, 0.3) is 5.91 Å². The zero-order valence-electron chi connectivity index (χ0n) is 46.5. The van der Waals surface area contributed by atoms with E-state index in [1.807, 2.05) is 103 Å². The molecule has 5 aliphatic heterocycles. The van der Waals surface area contributed by atoms with E-state index < -0.39 is 94.9 Å². The third kappa shape index (κ3) is 12.6. The highest BCUT2D eigenvalue weighted by Gasteiger charge is 2.64. The Hall–Kier alpha value is -4.21. The third-order valence-electron chi connectivity index (χ3n) is 17.5. The van der Waals surface area contributed by atoms with Crippen molar-refractivity contribution in [2.45, 2.75) is 206 Å². The lowest BCUT2D eigenvalue weighted by Gasteiger charge is -2.54. The molecule has 1 aromatic rings. The second-order valence-corrected chi connectivity index (χ2v) is 22.9. The van der Waals surface area contributed by atoms with Gasteiger partial charge < -0.3 is 54.2 Å². The number of aliphatic hydroxyl groups excluding tert-OH is 1. The zero-order chi connectivity index (χ0) is 54.5. The van der Waals surface area contributed by atoms with Crippen molar-refractivity contribution in [2.75, 3.05) is 32.1 Å². The Labute approximate surface area is 440 Å². The van der Waals surface area contributed by atoms with E-state index in [9.17, 15) is 34.7 Å². The van der Waals surface area contributed by atoms with Crippen LogP contribution >= 0.6 is 0 Å². The van der Waals surface area contributed by atoms with Crippen LogP contribution in [0.1, 0.15) is 146 Å². The average molecular weight is 1030 g/mol. The van der Waals surface area contributed by atoms with Crippen molar-refractivity contribution in [1.82, 2.24) is 10.6 Å². The first kappa shape index (κ1) is 59.0. The maximum Gasteiger partial charge on any atom is 0.303 e. The van der Waals surface area contributed by atoms with Gasteiger partial charge in [-0.1, -0.05) is 67.5 Å². The fourth-order valence-corrected chi connectivity index (χ4v) is 12.6. The van der Waals surface area contributed by atoms with Crippen LogP contribution in [0.5, 0.6) is 0 Å². The summed E-state index contributed by atoms with van der Waals surface area (Å²) in [6, 6.07) is 9.46. The van der Waals surface area contributed by atoms with E-state index in [-0.39, 0.29) is 54.2 Å². The Morgan fingerprint density at radius 2 is 1.58 bits per heavy atom. The molecule has 18 atom stereocenters. The van der Waals surface area contributed by atoms with Crippen molar-refractivity contribution in [3.05, 3.63) is 47.6 Å². The largest absolute Gasteiger partial charge is 0.453 e. The van der Waals surface area contributed by atoms with Crippen LogP contribution in [-0.4, -0.2) is 126 Å². The lowest BCUT2D eigenvalue weighted by atomic mass is 9.72. The number of anilines is 1. The van der Waals surface area contributed by atoms with Crippen molar-refractivity contribution in [3.8, 4) is 6.07 Å². The van der Waals surface area contributed by atoms with Crippen LogP contribution in [0, 0.1) is 52.8 Å². The molecule has 0 aromatic heterocycles. The van der Waals surface area contributed by atoms with Crippen LogP contribution < -0.4 is 15.5 Å². The van der Waals surface area contributed by atoms with Gasteiger partial charge in [0.15, 0.2) is 11.9 Å². The maximum atomic E-state index is 14.8. The molecule has 2 amide bonds. The van der Waals surface area contributed by atoms with Gasteiger partial charge in [0, 0.05) is 69.9 Å². The van der Waals surface area contributed by atoms with Gasteiger partial charge in [-0.3, -0.25) is 19.2 Å². The molecule has 0 aliphatic carbocycles. The number of aliphatic hydroxyl groups is 2. The summed E-state index contributed by atoms with van der Waals surface area (Å²) in [5, 5.41) is 38.7. The van der Waals surface area contributed by atoms with E-state index in [2.05, 4.69) is 31.4 Å². The van der Waals surface area contributed by atoms with Crippen molar-refractivity contribution >= 4 is 35.3 Å². The second kappa shape index (κ2) is 24.4. The molecule has 1 aromatic carbocycles. The maximum absolute atomic E-state index is 14.8. The topological polar surface area (TPSA) is 215 Å². The molecule has 6 rings (SSSR count). The molecule has 16 nitrogen and oxygen atoms in total. The fourth-order valence-electron chi connectivity index (χ4n) is 12.6. The van der Waals surface area contributed by atoms with Crippen LogP contribution in [0.4, 0.5) is 5.69 Å². The number of nitrogens with one attached hydrogen (secondary N) is 2. The van der Waals surface area contributed by atoms with Crippen LogP contribution in [0.2, 0.25) is 0 Å². The molecule has 0 saturated carbocycles. The van der Waals surface area contributed by atoms with Gasteiger partial charge >= 0.3 is 5.97 Å². The highest BCUT2D eigenvalue weighted by molar-refractivity contribution is 6.01. The summed E-state index contributed by atoms with van der Waals surface area (Å²) in [7, 11) is 3.86. The van der Waals surface area contributed by atoms with E-state index in [1.165, 1.54) is 13.0 Å². The predicted molar refractivity (Wildman–Crippen MR) is 281 cm³/mol. The first-order valence-corrected chi connectivity index (χ1v) is 27.6. The molecule has 0 bridgehead atoms. The number of benzene rings is 1. The number of ether oxygens (including phenoxy) is 6. The third-order valence-corrected chi connectivity index (χ3v) is 17.5. The number of hydrogen-bond donors (Lipinski definition) is 4. The van der Waals surface area contributed by atoms with Crippen LogP contribution in [0.15, 0.2) is 42.0 Å². The summed E-state index contributed by atoms with van der Waals surface area (Å²) in [5.41, 5.74) is -0.0703. The second-order valence-electron chi connectivity index (χ2n) is 22.9. The summed E-state index contributed by atoms with van der Waals surface area (Å²) < 4.78 is 40.4. The highest BCUT2D eigenvalue weighted by Crippen LogP contribution is 2.54. The van der Waals surface area contributed by atoms with E-state index in [4.69, 9.17) is 28.4 Å². The molecule has 16 heteroatoms. The molecule has 0 radical (unpaired) electrons. The fraction of sp³-hybridized carbons (Fsp3) is 0.741. The number of carbonyl (C=O) groups is 4. The van der Waals surface area contributed by atoms with Crippen LogP contribution in [0.25, 0.3) is 6.08 Å². The van der Waals surface area contributed by atoms with Crippen molar-refractivity contribution in [1.29, 1.82) is 5.26 Å². The van der Waals surface area contributed by atoms with E-state index in [1.54, 1.807) is 6.92 Å². The number of nitriles is 1. The number of amides is 2. The Balaban J connectivity index is 1.08. The predicted octanol–water partition coefficient (Wildman–Crippen LogP) is 7.58. The molecule has 4 saturated heterocycles. The van der Waals surface area contributed by atoms with Gasteiger partial charge in [0.05, 0.1) is 53.7 Å². The number of rotatable bonds is 19. The molecular formula is C58H88N4O12. The summed E-state index contributed by atoms with van der Waals surface area (Å²) >= 11 is 0. The smallest absolute Gasteiger partial charge is 0.303 e. The average Bonchev–Trinajstić information content (AvgIpc) is 3.71. The summed E-state index contributed by atoms with van der Waals surface area (Å²) in [4.78, 5) is 55.9. The molecule has 4 N–H and O–H groups in total. The first-order chi connectivity index (χ1) is 34.9. The summed E-state index contributed by atoms with van der Waals surface area (Å²) in [6.07, 6.45) is 6.78. The Bertz CT molecular complexity index is 2230. The van der Waals surface area contributed by atoms with Crippen molar-refractivity contribution < 1.29 is 57.8 Å². The number of ketones is 1. The van der Waals surface area contributed by atoms with Gasteiger partial charge in [0.1, 0.15) is 17.4 Å². The minimum Gasteiger partial charge on any atom is -0.453 e. The molecule has 6 unspecified atom stereocenters. The highest BCUT2D eigenvalue weighted by atomic mass is 16.8. The number of nitrogens with zero attached hydrogens (tertiary/aromatic N) is 2. The van der Waals surface area contributed by atoms with Crippen molar-refractivity contribution in [2.24, 2.45) is 41.4 Å². The van der Waals surface area contributed by atoms with Gasteiger partial charge in [-0.15, -0.1) is 0 Å². The molecule has 412 valence electrons. The molecule has 5 heterocycles. The standard InChI is InChI=1S/C58H88N4O12/c1-14-44(54(67)61-30-29-60-53(66)42(33-59)32-41-18-20-43(21-19-41)62(12)13)46-22-17-34(4)51(71-46)38(8)49(64)37(7)50(65)45(15-2)52-35(5)31-36(6)57(72-52)26-24-48(70-40(10)63)58(74-57)28-27-55(11,73-58)47-23-25-56(68,16-3)39(9)69-47/h18-21,24,26,32,34-39,44-49,51-52,64,68H,14-17,22-23,25,27-31H2,1-13H3,(H,60,66)(H,61,67)/b42-32+/t34-,35?,36?,37-,38?,39?,44?,45-,46+,47+,48+,49?,51+,52-,55-,56+,57-,58-/m0/s1. The van der Waals surface area contributed by atoms with Gasteiger partial charge in [-0.05, 0) is 119 Å².